The monoisotopic (exact) mass is 326 g/mol. The molecule has 1 fully saturated rings. The van der Waals surface area contributed by atoms with Gasteiger partial charge in [0.05, 0.1) is 18.0 Å². The summed E-state index contributed by atoms with van der Waals surface area (Å²) in [6, 6.07) is 15.9. The van der Waals surface area contributed by atoms with Gasteiger partial charge in [-0.15, -0.1) is 0 Å². The molecule has 0 radical (unpaired) electrons. The Bertz CT molecular complexity index is 759. The molecule has 5 nitrogen and oxygen atoms in total. The number of carbonyl (C=O) groups excluding carboxylic acids is 1. The summed E-state index contributed by atoms with van der Waals surface area (Å²) < 4.78 is 0. The lowest BCUT2D eigenvalue weighted by molar-refractivity contribution is -0.120. The second kappa shape index (κ2) is 6.18. The van der Waals surface area contributed by atoms with Gasteiger partial charge < -0.3 is 15.3 Å². The van der Waals surface area contributed by atoms with Crippen LogP contribution in [0.2, 0.25) is 0 Å². The predicted octanol–water partition coefficient (Wildman–Crippen LogP) is 2.74. The van der Waals surface area contributed by atoms with Gasteiger partial charge in [0.15, 0.2) is 5.11 Å². The van der Waals surface area contributed by atoms with Crippen LogP contribution >= 0.6 is 12.2 Å². The summed E-state index contributed by atoms with van der Waals surface area (Å²) in [7, 11) is 0. The third kappa shape index (κ3) is 3.07. The summed E-state index contributed by atoms with van der Waals surface area (Å²) in [4.78, 5) is 24.7. The fourth-order valence-corrected chi connectivity index (χ4v) is 2.99. The van der Waals surface area contributed by atoms with Crippen LogP contribution in [0.1, 0.15) is 28.4 Å². The lowest BCUT2D eigenvalue weighted by atomic mass is 9.99. The molecule has 23 heavy (non-hydrogen) atoms. The van der Waals surface area contributed by atoms with Crippen molar-refractivity contribution in [2.45, 2.75) is 12.5 Å². The number of thiocarbonyl (C=S) groups is 1. The summed E-state index contributed by atoms with van der Waals surface area (Å²) in [5, 5.41) is 12.0. The zero-order chi connectivity index (χ0) is 16.4. The molecule has 3 rings (SSSR count). The van der Waals surface area contributed by atoms with Gasteiger partial charge in [-0.25, -0.2) is 4.79 Å². The van der Waals surface area contributed by atoms with Gasteiger partial charge in [0, 0.05) is 5.69 Å². The van der Waals surface area contributed by atoms with Crippen molar-refractivity contribution in [1.29, 1.82) is 0 Å². The number of carboxylic acids is 1. The van der Waals surface area contributed by atoms with Crippen molar-refractivity contribution in [3.63, 3.8) is 0 Å². The van der Waals surface area contributed by atoms with E-state index in [2.05, 4.69) is 5.32 Å². The highest BCUT2D eigenvalue weighted by Crippen LogP contribution is 2.32. The van der Waals surface area contributed by atoms with Crippen LogP contribution in [0.5, 0.6) is 0 Å². The molecule has 0 spiro atoms. The van der Waals surface area contributed by atoms with E-state index in [0.29, 0.717) is 5.11 Å². The van der Waals surface area contributed by atoms with Crippen molar-refractivity contribution in [1.82, 2.24) is 5.32 Å². The number of carboxylic acid groups (broad SMARTS) is 1. The Morgan fingerprint density at radius 2 is 1.78 bits per heavy atom. The van der Waals surface area contributed by atoms with Crippen LogP contribution in [-0.2, 0) is 4.79 Å². The van der Waals surface area contributed by atoms with E-state index in [4.69, 9.17) is 17.3 Å². The van der Waals surface area contributed by atoms with E-state index in [-0.39, 0.29) is 23.9 Å². The minimum atomic E-state index is -0.981. The maximum atomic E-state index is 11.9. The van der Waals surface area contributed by atoms with E-state index in [1.807, 2.05) is 35.2 Å². The molecule has 6 heteroatoms. The van der Waals surface area contributed by atoms with Crippen LogP contribution < -0.4 is 10.2 Å². The Morgan fingerprint density at radius 3 is 2.39 bits per heavy atom. The molecule has 2 N–H and O–H groups in total. The number of rotatable bonds is 3. The third-order valence-corrected chi connectivity index (χ3v) is 4.03. The highest BCUT2D eigenvalue weighted by molar-refractivity contribution is 7.80. The number of anilines is 1. The summed E-state index contributed by atoms with van der Waals surface area (Å²) >= 11 is 5.33. The highest BCUT2D eigenvalue weighted by Gasteiger charge is 2.32. The van der Waals surface area contributed by atoms with Crippen LogP contribution in [0, 0.1) is 0 Å². The number of nitrogens with one attached hydrogen (secondary N) is 1. The normalized spacial score (nSPS) is 17.7. The molecule has 2 aromatic rings. The van der Waals surface area contributed by atoms with Crippen molar-refractivity contribution >= 4 is 34.9 Å². The van der Waals surface area contributed by atoms with Crippen LogP contribution in [0.25, 0.3) is 0 Å². The summed E-state index contributed by atoms with van der Waals surface area (Å²) in [5.41, 5.74) is 1.93. The average Bonchev–Trinajstić information content (AvgIpc) is 2.55. The van der Waals surface area contributed by atoms with Crippen molar-refractivity contribution in [2.75, 3.05) is 4.90 Å². The Kier molecular flexibility index (Phi) is 4.08. The van der Waals surface area contributed by atoms with Gasteiger partial charge in [0.25, 0.3) is 0 Å². The Morgan fingerprint density at radius 1 is 1.13 bits per heavy atom. The van der Waals surface area contributed by atoms with E-state index >= 15 is 0 Å². The zero-order valence-corrected chi connectivity index (χ0v) is 12.9. The minimum absolute atomic E-state index is 0.123. The first kappa shape index (κ1) is 15.2. The fourth-order valence-electron chi connectivity index (χ4n) is 2.64. The van der Waals surface area contributed by atoms with Gasteiger partial charge in [-0.3, -0.25) is 4.79 Å². The topological polar surface area (TPSA) is 69.6 Å². The molecule has 1 saturated heterocycles. The lowest BCUT2D eigenvalue weighted by Crippen LogP contribution is -2.51. The predicted molar refractivity (Wildman–Crippen MR) is 90.4 cm³/mol. The van der Waals surface area contributed by atoms with E-state index in [9.17, 15) is 9.59 Å². The molecule has 1 aliphatic heterocycles. The SMILES string of the molecule is O=C1CC(c2ccccc2)N(c2ccc(C(=O)O)cc2)C(=S)N1. The smallest absolute Gasteiger partial charge is 0.335 e. The van der Waals surface area contributed by atoms with Gasteiger partial charge >= 0.3 is 5.97 Å². The molecule has 2 aromatic carbocycles. The van der Waals surface area contributed by atoms with Crippen LogP contribution in [0.15, 0.2) is 54.6 Å². The number of aromatic carboxylic acids is 1. The maximum absolute atomic E-state index is 11.9. The molecule has 0 aromatic heterocycles. The summed E-state index contributed by atoms with van der Waals surface area (Å²) in [5.74, 6) is -1.10. The number of hydrogen-bond acceptors (Lipinski definition) is 3. The Labute approximate surface area is 138 Å². The number of benzene rings is 2. The van der Waals surface area contributed by atoms with E-state index in [0.717, 1.165) is 11.3 Å². The Balaban J connectivity index is 2.00. The van der Waals surface area contributed by atoms with E-state index < -0.39 is 5.97 Å². The molecule has 116 valence electrons. The lowest BCUT2D eigenvalue weighted by Gasteiger charge is -2.37. The first-order valence-corrected chi connectivity index (χ1v) is 7.48. The first-order chi connectivity index (χ1) is 11.1. The van der Waals surface area contributed by atoms with Crippen molar-refractivity contribution in [3.05, 3.63) is 65.7 Å². The van der Waals surface area contributed by atoms with Crippen molar-refractivity contribution < 1.29 is 14.7 Å². The van der Waals surface area contributed by atoms with Crippen molar-refractivity contribution in [3.8, 4) is 0 Å². The molecular weight excluding hydrogens is 312 g/mol. The van der Waals surface area contributed by atoms with Crippen LogP contribution in [0.4, 0.5) is 5.69 Å². The molecule has 0 aliphatic carbocycles. The fraction of sp³-hybridized carbons (Fsp3) is 0.118. The maximum Gasteiger partial charge on any atom is 0.335 e. The quantitative estimate of drug-likeness (QED) is 0.849. The zero-order valence-electron chi connectivity index (χ0n) is 12.1. The second-order valence-corrected chi connectivity index (χ2v) is 5.59. The molecule has 0 bridgehead atoms. The largest absolute Gasteiger partial charge is 0.478 e. The molecule has 1 atom stereocenters. The van der Waals surface area contributed by atoms with Crippen LogP contribution in [0.3, 0.4) is 0 Å². The standard InChI is InChI=1S/C17H14N2O3S/c20-15-10-14(11-4-2-1-3-5-11)19(17(23)18-15)13-8-6-12(7-9-13)16(21)22/h1-9,14H,10H2,(H,21,22)(H,18,20,23). The molecule has 1 heterocycles. The first-order valence-electron chi connectivity index (χ1n) is 7.07. The van der Waals surface area contributed by atoms with Gasteiger partial charge in [-0.05, 0) is 42.0 Å². The summed E-state index contributed by atoms with van der Waals surface area (Å²) in [6.07, 6.45) is 0.283. The second-order valence-electron chi connectivity index (χ2n) is 5.21. The Hall–Kier alpha value is -2.73. The highest BCUT2D eigenvalue weighted by atomic mass is 32.1. The number of nitrogens with zero attached hydrogens (tertiary/aromatic N) is 1. The van der Waals surface area contributed by atoms with Gasteiger partial charge in [-0.2, -0.15) is 0 Å². The molecule has 1 amide bonds. The molecule has 1 aliphatic rings. The molecule has 0 saturated carbocycles. The third-order valence-electron chi connectivity index (χ3n) is 3.73. The van der Waals surface area contributed by atoms with Gasteiger partial charge in [0.1, 0.15) is 0 Å². The average molecular weight is 326 g/mol. The number of carbonyl (C=O) groups is 2. The molecular formula is C17H14N2O3S. The van der Waals surface area contributed by atoms with E-state index in [1.165, 1.54) is 12.1 Å². The summed E-state index contributed by atoms with van der Waals surface area (Å²) in [6.45, 7) is 0. The van der Waals surface area contributed by atoms with E-state index in [1.54, 1.807) is 12.1 Å². The molecule has 1 unspecified atom stereocenters. The van der Waals surface area contributed by atoms with Crippen LogP contribution in [-0.4, -0.2) is 22.1 Å². The number of amides is 1. The minimum Gasteiger partial charge on any atom is -0.478 e. The number of hydrogen-bond donors (Lipinski definition) is 2. The van der Waals surface area contributed by atoms with Crippen molar-refractivity contribution in [2.24, 2.45) is 0 Å². The van der Waals surface area contributed by atoms with Gasteiger partial charge in [0.2, 0.25) is 5.91 Å². The van der Waals surface area contributed by atoms with Gasteiger partial charge in [-0.1, -0.05) is 30.3 Å².